The molecule has 1 atom stereocenters. The number of hydrogen-bond acceptors (Lipinski definition) is 2. The highest BCUT2D eigenvalue weighted by Crippen LogP contribution is 2.15. The van der Waals surface area contributed by atoms with Crippen LogP contribution in [0.2, 0.25) is 0 Å². The van der Waals surface area contributed by atoms with Gasteiger partial charge in [-0.1, -0.05) is 78.1 Å². The van der Waals surface area contributed by atoms with Crippen molar-refractivity contribution in [3.63, 3.8) is 0 Å². The normalized spacial score (nSPS) is 12.7. The Labute approximate surface area is 126 Å². The van der Waals surface area contributed by atoms with Gasteiger partial charge in [0, 0.05) is 0 Å². The molecule has 0 aliphatic carbocycles. The average Bonchev–Trinajstić information content (AvgIpc) is 2.39. The molecular weight excluding hydrogens is 248 g/mol. The zero-order valence-corrected chi connectivity index (χ0v) is 14.2. The zero-order chi connectivity index (χ0) is 15.2. The molecule has 0 aliphatic heterocycles. The van der Waals surface area contributed by atoms with Gasteiger partial charge < -0.3 is 4.74 Å². The molecule has 0 N–H and O–H groups in total. The van der Waals surface area contributed by atoms with E-state index in [1.165, 1.54) is 57.8 Å². The third kappa shape index (κ3) is 12.5. The van der Waals surface area contributed by atoms with Crippen LogP contribution in [0.15, 0.2) is 0 Å². The van der Waals surface area contributed by atoms with Gasteiger partial charge in [0.25, 0.3) is 0 Å². The Morgan fingerprint density at radius 3 is 1.70 bits per heavy atom. The third-order valence-corrected chi connectivity index (χ3v) is 3.74. The molecule has 0 rings (SSSR count). The SMILES string of the molecule is CCCCCCCCCCCCC(C)C(=O)OC(C)C. The molecule has 0 saturated heterocycles. The van der Waals surface area contributed by atoms with Crippen molar-refractivity contribution in [1.29, 1.82) is 0 Å². The fraction of sp³-hybridized carbons (Fsp3) is 0.944. The number of carbonyl (C=O) groups excluding carboxylic acids is 1. The first-order valence-corrected chi connectivity index (χ1v) is 8.78. The molecule has 0 fully saturated rings. The van der Waals surface area contributed by atoms with Gasteiger partial charge >= 0.3 is 5.97 Å². The van der Waals surface area contributed by atoms with Crippen molar-refractivity contribution >= 4 is 5.97 Å². The fourth-order valence-corrected chi connectivity index (χ4v) is 2.40. The van der Waals surface area contributed by atoms with Crippen LogP contribution in [0.1, 0.15) is 98.3 Å². The van der Waals surface area contributed by atoms with E-state index in [1.54, 1.807) is 0 Å². The highest BCUT2D eigenvalue weighted by atomic mass is 16.5. The van der Waals surface area contributed by atoms with E-state index in [2.05, 4.69) is 6.92 Å². The van der Waals surface area contributed by atoms with Crippen LogP contribution >= 0.6 is 0 Å². The second-order valence-electron chi connectivity index (χ2n) is 6.36. The lowest BCUT2D eigenvalue weighted by atomic mass is 10.0. The van der Waals surface area contributed by atoms with Gasteiger partial charge in [0.1, 0.15) is 0 Å². The van der Waals surface area contributed by atoms with Gasteiger partial charge in [-0.25, -0.2) is 0 Å². The van der Waals surface area contributed by atoms with Crippen LogP contribution in [-0.4, -0.2) is 12.1 Å². The summed E-state index contributed by atoms with van der Waals surface area (Å²) in [6.45, 7) is 8.06. The molecule has 0 amide bonds. The largest absolute Gasteiger partial charge is 0.463 e. The Bertz CT molecular complexity index is 223. The number of unbranched alkanes of at least 4 members (excludes halogenated alkanes) is 9. The monoisotopic (exact) mass is 284 g/mol. The molecule has 0 radical (unpaired) electrons. The minimum atomic E-state index is -0.0316. The zero-order valence-electron chi connectivity index (χ0n) is 14.2. The third-order valence-electron chi connectivity index (χ3n) is 3.74. The number of hydrogen-bond donors (Lipinski definition) is 0. The predicted octanol–water partition coefficient (Wildman–Crippen LogP) is 5.89. The molecular formula is C18H36O2. The first-order chi connectivity index (χ1) is 9.57. The lowest BCUT2D eigenvalue weighted by Crippen LogP contribution is -2.18. The van der Waals surface area contributed by atoms with Crippen LogP contribution in [0, 0.1) is 5.92 Å². The molecule has 0 aromatic rings. The first kappa shape index (κ1) is 19.5. The summed E-state index contributed by atoms with van der Waals surface area (Å²) in [5.41, 5.74) is 0. The number of rotatable bonds is 13. The average molecular weight is 284 g/mol. The number of ether oxygens (including phenoxy) is 1. The van der Waals surface area contributed by atoms with Gasteiger partial charge in [-0.05, 0) is 20.3 Å². The summed E-state index contributed by atoms with van der Waals surface area (Å²) in [6.07, 6.45) is 14.4. The molecule has 0 heterocycles. The van der Waals surface area contributed by atoms with Crippen molar-refractivity contribution in [2.45, 2.75) is 104 Å². The van der Waals surface area contributed by atoms with Gasteiger partial charge in [-0.3, -0.25) is 4.79 Å². The minimum absolute atomic E-state index is 0.0117. The van der Waals surface area contributed by atoms with E-state index in [4.69, 9.17) is 4.74 Å². The van der Waals surface area contributed by atoms with Crippen molar-refractivity contribution in [2.24, 2.45) is 5.92 Å². The molecule has 120 valence electrons. The van der Waals surface area contributed by atoms with Crippen molar-refractivity contribution in [3.05, 3.63) is 0 Å². The van der Waals surface area contributed by atoms with Gasteiger partial charge in [-0.2, -0.15) is 0 Å². The summed E-state index contributed by atoms with van der Waals surface area (Å²) >= 11 is 0. The summed E-state index contributed by atoms with van der Waals surface area (Å²) in [7, 11) is 0. The molecule has 0 aromatic carbocycles. The van der Waals surface area contributed by atoms with Crippen molar-refractivity contribution in [1.82, 2.24) is 0 Å². The van der Waals surface area contributed by atoms with Crippen molar-refractivity contribution in [3.8, 4) is 0 Å². The Kier molecular flexibility index (Phi) is 13.1. The van der Waals surface area contributed by atoms with Gasteiger partial charge in [-0.15, -0.1) is 0 Å². The number of carbonyl (C=O) groups is 1. The van der Waals surface area contributed by atoms with Crippen LogP contribution in [0.25, 0.3) is 0 Å². The maximum Gasteiger partial charge on any atom is 0.308 e. The first-order valence-electron chi connectivity index (χ1n) is 8.78. The van der Waals surface area contributed by atoms with Gasteiger partial charge in [0.15, 0.2) is 0 Å². The van der Waals surface area contributed by atoms with E-state index < -0.39 is 0 Å². The van der Waals surface area contributed by atoms with Crippen LogP contribution in [0.4, 0.5) is 0 Å². The lowest BCUT2D eigenvalue weighted by Gasteiger charge is -2.13. The predicted molar refractivity (Wildman–Crippen MR) is 86.9 cm³/mol. The maximum atomic E-state index is 11.6. The fourth-order valence-electron chi connectivity index (χ4n) is 2.40. The molecule has 0 aliphatic rings. The molecule has 0 saturated carbocycles. The summed E-state index contributed by atoms with van der Waals surface area (Å²) in [5.74, 6) is 0.0300. The van der Waals surface area contributed by atoms with E-state index >= 15 is 0 Å². The summed E-state index contributed by atoms with van der Waals surface area (Å²) in [5, 5.41) is 0. The van der Waals surface area contributed by atoms with E-state index in [1.807, 2.05) is 20.8 Å². The Morgan fingerprint density at radius 1 is 0.800 bits per heavy atom. The smallest absolute Gasteiger partial charge is 0.308 e. The molecule has 2 nitrogen and oxygen atoms in total. The maximum absolute atomic E-state index is 11.6. The summed E-state index contributed by atoms with van der Waals surface area (Å²) < 4.78 is 5.22. The molecule has 20 heavy (non-hydrogen) atoms. The molecule has 0 aromatic heterocycles. The lowest BCUT2D eigenvalue weighted by molar-refractivity contribution is -0.152. The minimum Gasteiger partial charge on any atom is -0.463 e. The van der Waals surface area contributed by atoms with E-state index in [9.17, 15) is 4.79 Å². The van der Waals surface area contributed by atoms with E-state index in [-0.39, 0.29) is 18.0 Å². The second-order valence-corrected chi connectivity index (χ2v) is 6.36. The van der Waals surface area contributed by atoms with Crippen molar-refractivity contribution in [2.75, 3.05) is 0 Å². The quantitative estimate of drug-likeness (QED) is 0.311. The van der Waals surface area contributed by atoms with Gasteiger partial charge in [0.2, 0.25) is 0 Å². The van der Waals surface area contributed by atoms with Crippen LogP contribution in [0.3, 0.4) is 0 Å². The molecule has 0 bridgehead atoms. The van der Waals surface area contributed by atoms with E-state index in [0.29, 0.717) is 0 Å². The van der Waals surface area contributed by atoms with Crippen LogP contribution in [0.5, 0.6) is 0 Å². The summed E-state index contributed by atoms with van der Waals surface area (Å²) in [4.78, 5) is 11.6. The van der Waals surface area contributed by atoms with Gasteiger partial charge in [0.05, 0.1) is 12.0 Å². The highest BCUT2D eigenvalue weighted by molar-refractivity contribution is 5.72. The van der Waals surface area contributed by atoms with Crippen molar-refractivity contribution < 1.29 is 9.53 Å². The topological polar surface area (TPSA) is 26.3 Å². The van der Waals surface area contributed by atoms with E-state index in [0.717, 1.165) is 12.8 Å². The molecule has 0 spiro atoms. The molecule has 2 heteroatoms. The Hall–Kier alpha value is -0.530. The summed E-state index contributed by atoms with van der Waals surface area (Å²) in [6, 6.07) is 0. The van der Waals surface area contributed by atoms with Crippen LogP contribution < -0.4 is 0 Å². The molecule has 1 unspecified atom stereocenters. The highest BCUT2D eigenvalue weighted by Gasteiger charge is 2.14. The second kappa shape index (κ2) is 13.5. The number of esters is 1. The van der Waals surface area contributed by atoms with Crippen LogP contribution in [-0.2, 0) is 9.53 Å². The Balaban J connectivity index is 3.29. The Morgan fingerprint density at radius 2 is 1.25 bits per heavy atom. The standard InChI is InChI=1S/C18H36O2/c1-5-6-7-8-9-10-11-12-13-14-15-17(4)18(19)20-16(2)3/h16-17H,5-15H2,1-4H3.